The van der Waals surface area contributed by atoms with Crippen LogP contribution in [0.2, 0.25) is 5.02 Å². The molecular weight excluding hydrogens is 301 g/mol. The van der Waals surface area contributed by atoms with Crippen molar-refractivity contribution in [2.75, 3.05) is 13.1 Å². The van der Waals surface area contributed by atoms with Crippen LogP contribution in [-0.4, -0.2) is 13.1 Å². The van der Waals surface area contributed by atoms with Crippen molar-refractivity contribution in [3.63, 3.8) is 0 Å². The summed E-state index contributed by atoms with van der Waals surface area (Å²) in [5.74, 6) is 0.527. The Morgan fingerprint density at radius 2 is 1.77 bits per heavy atom. The molecule has 0 spiro atoms. The van der Waals surface area contributed by atoms with E-state index in [0.29, 0.717) is 11.6 Å². The number of fused-ring (bicyclic) bond motifs is 1. The second-order valence-corrected chi connectivity index (χ2v) is 5.59. The van der Waals surface area contributed by atoms with Crippen LogP contribution in [0.15, 0.2) is 36.4 Å². The largest absolute Gasteiger partial charge is 0.487 e. The van der Waals surface area contributed by atoms with Gasteiger partial charge in [0.2, 0.25) is 0 Å². The van der Waals surface area contributed by atoms with Gasteiger partial charge in [-0.25, -0.2) is 4.39 Å². The van der Waals surface area contributed by atoms with Crippen molar-refractivity contribution >= 4 is 11.6 Å². The Bertz CT molecular complexity index is 628. The van der Waals surface area contributed by atoms with Crippen molar-refractivity contribution in [1.29, 1.82) is 0 Å². The van der Waals surface area contributed by atoms with Crippen LogP contribution < -0.4 is 10.1 Å². The molecule has 2 aromatic rings. The third kappa shape index (κ3) is 3.79. The van der Waals surface area contributed by atoms with Crippen LogP contribution in [0.3, 0.4) is 0 Å². The number of rotatable bonds is 3. The number of nitrogens with one attached hydrogen (secondary N) is 1. The molecule has 0 aliphatic carbocycles. The van der Waals surface area contributed by atoms with E-state index in [1.807, 2.05) is 6.07 Å². The Labute approximate surface area is 136 Å². The Kier molecular flexibility index (Phi) is 5.81. The van der Waals surface area contributed by atoms with Gasteiger partial charge in [-0.1, -0.05) is 37.2 Å². The quantitative estimate of drug-likeness (QED) is 0.905. The number of hydrogen-bond donors (Lipinski definition) is 1. The zero-order valence-electron chi connectivity index (χ0n) is 11.7. The first kappa shape index (κ1) is 16.8. The van der Waals surface area contributed by atoms with Crippen molar-refractivity contribution in [3.8, 4) is 5.75 Å². The molecule has 4 heteroatoms. The van der Waals surface area contributed by atoms with E-state index in [1.165, 1.54) is 23.3 Å². The highest BCUT2D eigenvalue weighted by Crippen LogP contribution is 2.33. The molecule has 2 aromatic carbocycles. The van der Waals surface area contributed by atoms with Gasteiger partial charge in [0.05, 0.1) is 5.02 Å². The highest BCUT2D eigenvalue weighted by atomic mass is 35.5. The van der Waals surface area contributed by atoms with Crippen LogP contribution in [0.4, 0.5) is 4.39 Å². The number of ether oxygens (including phenoxy) is 1. The van der Waals surface area contributed by atoms with Gasteiger partial charge < -0.3 is 10.1 Å². The molecule has 0 bridgehead atoms. The first-order chi connectivity index (χ1) is 10.2. The third-order valence-electron chi connectivity index (χ3n) is 3.73. The van der Waals surface area contributed by atoms with E-state index in [4.69, 9.17) is 16.3 Å². The minimum Gasteiger partial charge on any atom is -0.487 e. The van der Waals surface area contributed by atoms with Gasteiger partial charge in [0.25, 0.3) is 0 Å². The van der Waals surface area contributed by atoms with E-state index in [9.17, 15) is 4.39 Å². The highest BCUT2D eigenvalue weighted by molar-refractivity contribution is 6.32. The number of benzene rings is 2. The maximum atomic E-state index is 12.9. The second kappa shape index (κ2) is 7.61. The molecule has 2 nitrogen and oxygen atoms in total. The van der Waals surface area contributed by atoms with E-state index in [1.54, 1.807) is 12.1 Å². The number of halogens is 2. The van der Waals surface area contributed by atoms with E-state index < -0.39 is 0 Å². The summed E-state index contributed by atoms with van der Waals surface area (Å²) in [5, 5.41) is 4.02. The van der Waals surface area contributed by atoms with Crippen LogP contribution in [0.1, 0.15) is 24.1 Å². The van der Waals surface area contributed by atoms with Gasteiger partial charge in [0.1, 0.15) is 18.2 Å². The molecule has 1 aliphatic rings. The average molecular weight is 322 g/mol. The minimum absolute atomic E-state index is 0. The molecule has 0 atom stereocenters. The smallest absolute Gasteiger partial charge is 0.141 e. The molecule has 0 amide bonds. The lowest BCUT2D eigenvalue weighted by atomic mass is 10.0. The summed E-state index contributed by atoms with van der Waals surface area (Å²) < 4.78 is 18.8. The molecule has 0 fully saturated rings. The van der Waals surface area contributed by atoms with E-state index in [2.05, 4.69) is 11.4 Å². The number of hydrogen-bond acceptors (Lipinski definition) is 2. The van der Waals surface area contributed by atoms with Crippen molar-refractivity contribution in [2.45, 2.75) is 26.9 Å². The van der Waals surface area contributed by atoms with Gasteiger partial charge in [0, 0.05) is 5.56 Å². The molecule has 3 rings (SSSR count). The highest BCUT2D eigenvalue weighted by Gasteiger charge is 2.16. The standard InChI is InChI=1S/C17H17ClFNO.CH4/c18-16-6-3-13-7-9-20-10-8-15(13)17(16)21-11-12-1-4-14(19)5-2-12;/h1-6,20H,7-11H2;1H4. The third-order valence-corrected chi connectivity index (χ3v) is 4.03. The summed E-state index contributed by atoms with van der Waals surface area (Å²) in [7, 11) is 0. The SMILES string of the molecule is C.Fc1ccc(COc2c(Cl)ccc3c2CCNCC3)cc1. The van der Waals surface area contributed by atoms with E-state index in [0.717, 1.165) is 37.2 Å². The lowest BCUT2D eigenvalue weighted by Gasteiger charge is -2.15. The van der Waals surface area contributed by atoms with Gasteiger partial charge in [-0.2, -0.15) is 0 Å². The fraction of sp³-hybridized carbons (Fsp3) is 0.333. The first-order valence-corrected chi connectivity index (χ1v) is 7.50. The Hall–Kier alpha value is -1.58. The van der Waals surface area contributed by atoms with Gasteiger partial charge >= 0.3 is 0 Å². The summed E-state index contributed by atoms with van der Waals surface area (Å²) >= 11 is 6.30. The Morgan fingerprint density at radius 3 is 2.55 bits per heavy atom. The fourth-order valence-corrected chi connectivity index (χ4v) is 2.83. The molecule has 118 valence electrons. The summed E-state index contributed by atoms with van der Waals surface area (Å²) in [4.78, 5) is 0. The van der Waals surface area contributed by atoms with Crippen molar-refractivity contribution in [3.05, 3.63) is 63.9 Å². The maximum Gasteiger partial charge on any atom is 0.141 e. The van der Waals surface area contributed by atoms with E-state index >= 15 is 0 Å². The van der Waals surface area contributed by atoms with Crippen LogP contribution in [0.25, 0.3) is 0 Å². The summed E-state index contributed by atoms with van der Waals surface area (Å²) in [6, 6.07) is 10.3. The molecule has 1 N–H and O–H groups in total. The topological polar surface area (TPSA) is 21.3 Å². The van der Waals surface area contributed by atoms with Gasteiger partial charge in [0.15, 0.2) is 0 Å². The zero-order valence-corrected chi connectivity index (χ0v) is 12.4. The molecule has 0 unspecified atom stereocenters. The minimum atomic E-state index is -0.239. The monoisotopic (exact) mass is 321 g/mol. The average Bonchev–Trinajstić information content (AvgIpc) is 2.73. The first-order valence-electron chi connectivity index (χ1n) is 7.12. The lowest BCUT2D eigenvalue weighted by molar-refractivity contribution is 0.302. The van der Waals surface area contributed by atoms with Crippen LogP contribution in [-0.2, 0) is 19.4 Å². The van der Waals surface area contributed by atoms with Gasteiger partial charge in [-0.3, -0.25) is 0 Å². The molecule has 1 aliphatic heterocycles. The second-order valence-electron chi connectivity index (χ2n) is 5.18. The molecule has 0 saturated carbocycles. The normalized spacial score (nSPS) is 13.7. The van der Waals surface area contributed by atoms with E-state index in [-0.39, 0.29) is 13.2 Å². The van der Waals surface area contributed by atoms with Crippen LogP contribution >= 0.6 is 11.6 Å². The predicted molar refractivity (Wildman–Crippen MR) is 89.2 cm³/mol. The Balaban J connectivity index is 0.00000176. The van der Waals surface area contributed by atoms with Crippen molar-refractivity contribution in [2.24, 2.45) is 0 Å². The van der Waals surface area contributed by atoms with Crippen molar-refractivity contribution < 1.29 is 9.13 Å². The molecule has 0 radical (unpaired) electrons. The molecular formula is C18H21ClFNO. The van der Waals surface area contributed by atoms with Crippen molar-refractivity contribution in [1.82, 2.24) is 5.32 Å². The lowest BCUT2D eigenvalue weighted by Crippen LogP contribution is -2.16. The summed E-state index contributed by atoms with van der Waals surface area (Å²) in [5.41, 5.74) is 3.41. The maximum absolute atomic E-state index is 12.9. The Morgan fingerprint density at radius 1 is 1.05 bits per heavy atom. The fourth-order valence-electron chi connectivity index (χ4n) is 2.60. The summed E-state index contributed by atoms with van der Waals surface area (Å²) in [6.07, 6.45) is 1.90. The molecule has 1 heterocycles. The van der Waals surface area contributed by atoms with Gasteiger partial charge in [-0.05, 0) is 55.3 Å². The van der Waals surface area contributed by atoms with Gasteiger partial charge in [-0.15, -0.1) is 0 Å². The molecule has 0 saturated heterocycles. The van der Waals surface area contributed by atoms with Crippen LogP contribution in [0.5, 0.6) is 5.75 Å². The summed E-state index contributed by atoms with van der Waals surface area (Å²) in [6.45, 7) is 2.30. The zero-order chi connectivity index (χ0) is 14.7. The molecule has 0 aromatic heterocycles. The molecule has 22 heavy (non-hydrogen) atoms. The predicted octanol–water partition coefficient (Wildman–Crippen LogP) is 4.38. The van der Waals surface area contributed by atoms with Crippen LogP contribution in [0, 0.1) is 5.82 Å².